The summed E-state index contributed by atoms with van der Waals surface area (Å²) in [5.41, 5.74) is 5.37. The van der Waals surface area contributed by atoms with E-state index in [4.69, 9.17) is 10.8 Å². The van der Waals surface area contributed by atoms with Crippen LogP contribution in [-0.2, 0) is 4.79 Å². The fourth-order valence-corrected chi connectivity index (χ4v) is 2.15. The van der Waals surface area contributed by atoms with Crippen molar-refractivity contribution in [2.24, 2.45) is 5.73 Å². The predicted octanol–water partition coefficient (Wildman–Crippen LogP) is 2.10. The molecule has 1 unspecified atom stereocenters. The minimum absolute atomic E-state index is 0.601. The van der Waals surface area contributed by atoms with E-state index in [1.807, 2.05) is 11.8 Å². The maximum atomic E-state index is 10.4. The molecule has 0 fully saturated rings. The van der Waals surface area contributed by atoms with Crippen molar-refractivity contribution in [1.82, 2.24) is 0 Å². The van der Waals surface area contributed by atoms with Crippen molar-refractivity contribution in [2.45, 2.75) is 45.1 Å². The summed E-state index contributed by atoms with van der Waals surface area (Å²) in [6.07, 6.45) is 5.13. The van der Waals surface area contributed by atoms with Gasteiger partial charge in [0.2, 0.25) is 0 Å². The smallest absolute Gasteiger partial charge is 0.320 e. The molecule has 1 atom stereocenters. The summed E-state index contributed by atoms with van der Waals surface area (Å²) in [6.45, 7) is 2.19. The molecule has 0 spiro atoms. The van der Waals surface area contributed by atoms with Gasteiger partial charge in [-0.05, 0) is 30.8 Å². The van der Waals surface area contributed by atoms with Gasteiger partial charge >= 0.3 is 5.97 Å². The van der Waals surface area contributed by atoms with Crippen LogP contribution in [0.1, 0.15) is 39.0 Å². The first kappa shape index (κ1) is 13.8. The third-order valence-corrected chi connectivity index (χ3v) is 3.17. The molecular formula is C10H21NO2S. The fourth-order valence-electron chi connectivity index (χ4n) is 1.04. The lowest BCUT2D eigenvalue weighted by molar-refractivity contribution is -0.138. The summed E-state index contributed by atoms with van der Waals surface area (Å²) in [7, 11) is 0. The van der Waals surface area contributed by atoms with Crippen LogP contribution in [0, 0.1) is 0 Å². The Kier molecular flexibility index (Phi) is 9.19. The van der Waals surface area contributed by atoms with E-state index in [1.54, 1.807) is 0 Å². The summed E-state index contributed by atoms with van der Waals surface area (Å²) in [4.78, 5) is 10.4. The van der Waals surface area contributed by atoms with E-state index in [-0.39, 0.29) is 0 Å². The first-order valence-corrected chi connectivity index (χ1v) is 6.40. The van der Waals surface area contributed by atoms with E-state index in [9.17, 15) is 4.79 Å². The predicted molar refractivity (Wildman–Crippen MR) is 61.7 cm³/mol. The molecule has 0 saturated heterocycles. The highest BCUT2D eigenvalue weighted by atomic mass is 32.2. The lowest BCUT2D eigenvalue weighted by Crippen LogP contribution is -2.29. The Morgan fingerprint density at radius 1 is 1.36 bits per heavy atom. The molecule has 3 nitrogen and oxygen atoms in total. The van der Waals surface area contributed by atoms with E-state index in [0.717, 1.165) is 18.6 Å². The Bertz CT molecular complexity index is 153. The normalized spacial score (nSPS) is 12.7. The maximum absolute atomic E-state index is 10.4. The molecule has 0 rings (SSSR count). The number of carboxylic acids is 1. The van der Waals surface area contributed by atoms with E-state index < -0.39 is 12.0 Å². The number of carboxylic acid groups (broad SMARTS) is 1. The quantitative estimate of drug-likeness (QED) is 0.583. The monoisotopic (exact) mass is 219 g/mol. The zero-order valence-electron chi connectivity index (χ0n) is 8.87. The van der Waals surface area contributed by atoms with Crippen LogP contribution in [0.3, 0.4) is 0 Å². The molecule has 0 aliphatic rings. The van der Waals surface area contributed by atoms with Gasteiger partial charge in [-0.2, -0.15) is 11.8 Å². The highest BCUT2D eigenvalue weighted by molar-refractivity contribution is 7.99. The number of hydrogen-bond acceptors (Lipinski definition) is 3. The van der Waals surface area contributed by atoms with E-state index in [1.165, 1.54) is 18.6 Å². The summed E-state index contributed by atoms with van der Waals surface area (Å²) in [6, 6.07) is -0.671. The van der Waals surface area contributed by atoms with Gasteiger partial charge in [-0.1, -0.05) is 19.8 Å². The molecule has 0 aromatic heterocycles. The molecule has 0 heterocycles. The van der Waals surface area contributed by atoms with Crippen LogP contribution in [0.25, 0.3) is 0 Å². The number of nitrogens with two attached hydrogens (primary N) is 1. The molecule has 84 valence electrons. The van der Waals surface area contributed by atoms with Gasteiger partial charge in [-0.25, -0.2) is 0 Å². The van der Waals surface area contributed by atoms with E-state index >= 15 is 0 Å². The average Bonchev–Trinajstić information content (AvgIpc) is 2.16. The average molecular weight is 219 g/mol. The Morgan fingerprint density at radius 3 is 2.57 bits per heavy atom. The number of aliphatic carboxylic acids is 1. The van der Waals surface area contributed by atoms with Crippen molar-refractivity contribution in [3.63, 3.8) is 0 Å². The SMILES string of the molecule is CCCCSCCCCC(N)C(=O)O. The van der Waals surface area contributed by atoms with Crippen LogP contribution in [0.4, 0.5) is 0 Å². The Morgan fingerprint density at radius 2 is 2.00 bits per heavy atom. The van der Waals surface area contributed by atoms with Crippen molar-refractivity contribution < 1.29 is 9.90 Å². The first-order valence-electron chi connectivity index (χ1n) is 5.24. The third kappa shape index (κ3) is 8.38. The van der Waals surface area contributed by atoms with Gasteiger partial charge in [0, 0.05) is 0 Å². The highest BCUT2D eigenvalue weighted by Gasteiger charge is 2.09. The number of hydrogen-bond donors (Lipinski definition) is 2. The third-order valence-electron chi connectivity index (χ3n) is 2.01. The lowest BCUT2D eigenvalue weighted by Gasteiger charge is -2.05. The Labute approximate surface area is 90.4 Å². The number of rotatable bonds is 9. The summed E-state index contributed by atoms with van der Waals surface area (Å²) < 4.78 is 0. The Hall–Kier alpha value is -0.220. The second-order valence-electron chi connectivity index (χ2n) is 3.41. The van der Waals surface area contributed by atoms with Crippen molar-refractivity contribution in [3.8, 4) is 0 Å². The van der Waals surface area contributed by atoms with Crippen LogP contribution in [0.15, 0.2) is 0 Å². The standard InChI is InChI=1S/C10H21NO2S/c1-2-3-7-14-8-5-4-6-9(11)10(12)13/h9H,2-8,11H2,1H3,(H,12,13). The summed E-state index contributed by atoms with van der Waals surface area (Å²) in [5.74, 6) is 1.47. The first-order chi connectivity index (χ1) is 6.68. The van der Waals surface area contributed by atoms with Crippen LogP contribution in [-0.4, -0.2) is 28.6 Å². The van der Waals surface area contributed by atoms with Crippen molar-refractivity contribution in [3.05, 3.63) is 0 Å². The number of thioether (sulfide) groups is 1. The number of carbonyl (C=O) groups is 1. The molecule has 0 amide bonds. The van der Waals surface area contributed by atoms with Gasteiger partial charge in [-0.15, -0.1) is 0 Å². The van der Waals surface area contributed by atoms with Gasteiger partial charge in [0.1, 0.15) is 6.04 Å². The molecule has 0 aliphatic heterocycles. The van der Waals surface area contributed by atoms with Crippen LogP contribution >= 0.6 is 11.8 Å². The van der Waals surface area contributed by atoms with Gasteiger partial charge < -0.3 is 10.8 Å². The molecular weight excluding hydrogens is 198 g/mol. The zero-order valence-corrected chi connectivity index (χ0v) is 9.68. The minimum atomic E-state index is -0.886. The van der Waals surface area contributed by atoms with Gasteiger partial charge in [0.25, 0.3) is 0 Å². The molecule has 0 radical (unpaired) electrons. The van der Waals surface area contributed by atoms with Crippen molar-refractivity contribution in [1.29, 1.82) is 0 Å². The zero-order chi connectivity index (χ0) is 10.8. The van der Waals surface area contributed by atoms with Crippen LogP contribution in [0.5, 0.6) is 0 Å². The number of unbranched alkanes of at least 4 members (excludes halogenated alkanes) is 2. The molecule has 0 bridgehead atoms. The molecule has 0 saturated carbocycles. The van der Waals surface area contributed by atoms with Crippen LogP contribution < -0.4 is 5.73 Å². The molecule has 0 aromatic rings. The fraction of sp³-hybridized carbons (Fsp3) is 0.900. The summed E-state index contributed by atoms with van der Waals surface area (Å²) >= 11 is 1.95. The van der Waals surface area contributed by atoms with Gasteiger partial charge in [0.05, 0.1) is 0 Å². The molecule has 14 heavy (non-hydrogen) atoms. The van der Waals surface area contributed by atoms with Gasteiger partial charge in [0.15, 0.2) is 0 Å². The Balaban J connectivity index is 3.09. The van der Waals surface area contributed by atoms with Crippen molar-refractivity contribution in [2.75, 3.05) is 11.5 Å². The summed E-state index contributed by atoms with van der Waals surface area (Å²) in [5, 5.41) is 8.52. The van der Waals surface area contributed by atoms with Gasteiger partial charge in [-0.3, -0.25) is 4.79 Å². The second kappa shape index (κ2) is 9.34. The molecule has 3 N–H and O–H groups in total. The van der Waals surface area contributed by atoms with E-state index in [0.29, 0.717) is 6.42 Å². The largest absolute Gasteiger partial charge is 0.480 e. The minimum Gasteiger partial charge on any atom is -0.480 e. The molecule has 4 heteroatoms. The lowest BCUT2D eigenvalue weighted by atomic mass is 10.1. The topological polar surface area (TPSA) is 63.3 Å². The molecule has 0 aromatic carbocycles. The maximum Gasteiger partial charge on any atom is 0.320 e. The molecule has 0 aliphatic carbocycles. The van der Waals surface area contributed by atoms with E-state index in [2.05, 4.69) is 6.92 Å². The van der Waals surface area contributed by atoms with Crippen LogP contribution in [0.2, 0.25) is 0 Å². The van der Waals surface area contributed by atoms with Crippen molar-refractivity contribution >= 4 is 17.7 Å². The second-order valence-corrected chi connectivity index (χ2v) is 4.63. The highest BCUT2D eigenvalue weighted by Crippen LogP contribution is 2.09.